The van der Waals surface area contributed by atoms with Crippen molar-refractivity contribution in [3.63, 3.8) is 0 Å². The molecule has 10 heteroatoms. The second kappa shape index (κ2) is 9.01. The van der Waals surface area contributed by atoms with Crippen LogP contribution in [0.25, 0.3) is 10.7 Å². The molecule has 0 spiro atoms. The van der Waals surface area contributed by atoms with Crippen LogP contribution in [0.4, 0.5) is 0 Å². The molecule has 0 bridgehead atoms. The lowest BCUT2D eigenvalue weighted by Gasteiger charge is -2.26. The molecule has 0 unspecified atom stereocenters. The first-order chi connectivity index (χ1) is 14.8. The van der Waals surface area contributed by atoms with Gasteiger partial charge in [-0.1, -0.05) is 0 Å². The molecular formula is C21H30N4O4S2. The molecule has 2 aliphatic rings. The van der Waals surface area contributed by atoms with Crippen LogP contribution in [0.2, 0.25) is 0 Å². The second-order valence-electron chi connectivity index (χ2n) is 8.31. The average molecular weight is 467 g/mol. The predicted octanol–water partition coefficient (Wildman–Crippen LogP) is 2.85. The highest BCUT2D eigenvalue weighted by Crippen LogP contribution is 2.33. The van der Waals surface area contributed by atoms with Crippen molar-refractivity contribution in [2.45, 2.75) is 57.0 Å². The second-order valence-corrected chi connectivity index (χ2v) is 11.0. The standard InChI is InChI=1S/C21H30N4O4S2/c1-14-19(21(26)25-9-5-4-6-10-25)30-20(23-14)17-12-18(15(2)24(17)3)31(27,28)22-13-16-8-7-11-29-16/h12,16,22H,4-11,13H2,1-3H3/t16-/m0/s1. The average Bonchev–Trinajstić information content (AvgIpc) is 3.48. The van der Waals surface area contributed by atoms with Gasteiger partial charge in [-0.05, 0) is 52.0 Å². The van der Waals surface area contributed by atoms with Crippen molar-refractivity contribution in [1.82, 2.24) is 19.2 Å². The Morgan fingerprint density at radius 1 is 1.26 bits per heavy atom. The Morgan fingerprint density at radius 2 is 2.00 bits per heavy atom. The number of hydrogen-bond acceptors (Lipinski definition) is 6. The monoisotopic (exact) mass is 466 g/mol. The Labute approximate surface area is 187 Å². The number of carbonyl (C=O) groups excluding carboxylic acids is 1. The summed E-state index contributed by atoms with van der Waals surface area (Å²) in [5.74, 6) is 0.0259. The summed E-state index contributed by atoms with van der Waals surface area (Å²) in [6.07, 6.45) is 5.00. The molecule has 4 rings (SSSR count). The molecule has 2 saturated heterocycles. The number of rotatable bonds is 6. The van der Waals surface area contributed by atoms with Crippen LogP contribution in [0, 0.1) is 13.8 Å². The smallest absolute Gasteiger partial charge is 0.265 e. The van der Waals surface area contributed by atoms with Crippen molar-refractivity contribution in [3.8, 4) is 10.7 Å². The minimum atomic E-state index is -3.67. The maximum absolute atomic E-state index is 13.0. The summed E-state index contributed by atoms with van der Waals surface area (Å²) in [5, 5.41) is 0.657. The van der Waals surface area contributed by atoms with Gasteiger partial charge in [0.15, 0.2) is 0 Å². The Hall–Kier alpha value is -1.75. The van der Waals surface area contributed by atoms with Gasteiger partial charge in [-0.2, -0.15) is 0 Å². The van der Waals surface area contributed by atoms with Gasteiger partial charge in [0.1, 0.15) is 14.8 Å². The number of likely N-dealkylation sites (tertiary alicyclic amines) is 1. The van der Waals surface area contributed by atoms with Crippen LogP contribution in [-0.4, -0.2) is 61.1 Å². The predicted molar refractivity (Wildman–Crippen MR) is 120 cm³/mol. The zero-order chi connectivity index (χ0) is 22.2. The molecule has 2 aromatic rings. The summed E-state index contributed by atoms with van der Waals surface area (Å²) >= 11 is 1.34. The number of nitrogens with one attached hydrogen (secondary N) is 1. The molecule has 0 aromatic carbocycles. The van der Waals surface area contributed by atoms with E-state index in [1.807, 2.05) is 23.4 Å². The molecule has 0 saturated carbocycles. The third-order valence-corrected chi connectivity index (χ3v) is 8.86. The number of sulfonamides is 1. The summed E-state index contributed by atoms with van der Waals surface area (Å²) in [5.41, 5.74) is 2.02. The van der Waals surface area contributed by atoms with Gasteiger partial charge in [0.05, 0.1) is 17.5 Å². The molecule has 1 N–H and O–H groups in total. The van der Waals surface area contributed by atoms with Crippen LogP contribution in [0.3, 0.4) is 0 Å². The van der Waals surface area contributed by atoms with E-state index < -0.39 is 10.0 Å². The van der Waals surface area contributed by atoms with Crippen LogP contribution in [-0.2, 0) is 21.8 Å². The van der Waals surface area contributed by atoms with E-state index in [0.29, 0.717) is 33.6 Å². The summed E-state index contributed by atoms with van der Waals surface area (Å²) in [6, 6.07) is 1.65. The maximum atomic E-state index is 13.0. The van der Waals surface area contributed by atoms with Gasteiger partial charge in [-0.3, -0.25) is 4.79 Å². The number of amides is 1. The van der Waals surface area contributed by atoms with Gasteiger partial charge in [0.25, 0.3) is 5.91 Å². The van der Waals surface area contributed by atoms with Crippen molar-refractivity contribution in [3.05, 3.63) is 22.3 Å². The molecular weight excluding hydrogens is 436 g/mol. The van der Waals surface area contributed by atoms with Crippen LogP contribution in [0.15, 0.2) is 11.0 Å². The van der Waals surface area contributed by atoms with E-state index in [4.69, 9.17) is 4.74 Å². The van der Waals surface area contributed by atoms with Gasteiger partial charge < -0.3 is 14.2 Å². The first-order valence-corrected chi connectivity index (χ1v) is 13.1. The van der Waals surface area contributed by atoms with E-state index in [2.05, 4.69) is 9.71 Å². The SMILES string of the molecule is Cc1nc(-c2cc(S(=O)(=O)NC[C@@H]3CCCO3)c(C)n2C)sc1C(=O)N1CCCCC1. The van der Waals surface area contributed by atoms with Crippen molar-refractivity contribution in [2.75, 3.05) is 26.2 Å². The molecule has 4 heterocycles. The number of thiazole rings is 1. The van der Waals surface area contributed by atoms with E-state index in [1.165, 1.54) is 11.3 Å². The largest absolute Gasteiger partial charge is 0.377 e. The summed E-state index contributed by atoms with van der Waals surface area (Å²) in [6.45, 7) is 6.15. The normalized spacial score (nSPS) is 19.8. The van der Waals surface area contributed by atoms with Crippen LogP contribution in [0.1, 0.15) is 53.2 Å². The van der Waals surface area contributed by atoms with Crippen LogP contribution < -0.4 is 4.72 Å². The highest BCUT2D eigenvalue weighted by molar-refractivity contribution is 7.89. The van der Waals surface area contributed by atoms with Crippen molar-refractivity contribution in [2.24, 2.45) is 7.05 Å². The molecule has 1 atom stereocenters. The topological polar surface area (TPSA) is 93.5 Å². The number of hydrogen-bond donors (Lipinski definition) is 1. The molecule has 8 nitrogen and oxygen atoms in total. The lowest BCUT2D eigenvalue weighted by atomic mass is 10.1. The van der Waals surface area contributed by atoms with E-state index in [1.54, 1.807) is 13.0 Å². The van der Waals surface area contributed by atoms with Crippen molar-refractivity contribution < 1.29 is 17.9 Å². The zero-order valence-electron chi connectivity index (χ0n) is 18.3. The number of aromatic nitrogens is 2. The minimum Gasteiger partial charge on any atom is -0.377 e. The third kappa shape index (κ3) is 4.57. The fourth-order valence-corrected chi connectivity index (χ4v) is 6.62. The summed E-state index contributed by atoms with van der Waals surface area (Å²) in [4.78, 5) is 20.4. The Balaban J connectivity index is 1.58. The van der Waals surface area contributed by atoms with Crippen LogP contribution in [0.5, 0.6) is 0 Å². The fourth-order valence-electron chi connectivity index (χ4n) is 4.18. The molecule has 31 heavy (non-hydrogen) atoms. The molecule has 2 fully saturated rings. The highest BCUT2D eigenvalue weighted by atomic mass is 32.2. The highest BCUT2D eigenvalue weighted by Gasteiger charge is 2.28. The number of ether oxygens (including phenoxy) is 1. The molecule has 0 aliphatic carbocycles. The van der Waals surface area contributed by atoms with E-state index in [0.717, 1.165) is 45.2 Å². The molecule has 1 amide bonds. The van der Waals surface area contributed by atoms with Gasteiger partial charge in [-0.15, -0.1) is 11.3 Å². The first-order valence-electron chi connectivity index (χ1n) is 10.8. The van der Waals surface area contributed by atoms with Gasteiger partial charge >= 0.3 is 0 Å². The third-order valence-electron chi connectivity index (χ3n) is 6.16. The summed E-state index contributed by atoms with van der Waals surface area (Å²) < 4.78 is 35.9. The number of aryl methyl sites for hydroxylation is 1. The van der Waals surface area contributed by atoms with Gasteiger partial charge in [-0.25, -0.2) is 18.1 Å². The Bertz CT molecular complexity index is 1060. The molecule has 0 radical (unpaired) electrons. The maximum Gasteiger partial charge on any atom is 0.265 e. The molecule has 170 valence electrons. The number of piperidine rings is 1. The van der Waals surface area contributed by atoms with Crippen molar-refractivity contribution in [1.29, 1.82) is 0 Å². The van der Waals surface area contributed by atoms with Gasteiger partial charge in [0.2, 0.25) is 10.0 Å². The molecule has 2 aromatic heterocycles. The van der Waals surface area contributed by atoms with E-state index >= 15 is 0 Å². The molecule has 2 aliphatic heterocycles. The fraction of sp³-hybridized carbons (Fsp3) is 0.619. The summed E-state index contributed by atoms with van der Waals surface area (Å²) in [7, 11) is -1.85. The lowest BCUT2D eigenvalue weighted by molar-refractivity contribution is 0.0728. The van der Waals surface area contributed by atoms with Crippen LogP contribution >= 0.6 is 11.3 Å². The first kappa shape index (κ1) is 22.4. The zero-order valence-corrected chi connectivity index (χ0v) is 19.9. The van der Waals surface area contributed by atoms with E-state index in [-0.39, 0.29) is 23.5 Å². The Kier molecular flexibility index (Phi) is 6.52. The number of carbonyl (C=O) groups is 1. The quantitative estimate of drug-likeness (QED) is 0.707. The lowest BCUT2D eigenvalue weighted by Crippen LogP contribution is -2.35. The number of nitrogens with zero attached hydrogens (tertiary/aromatic N) is 3. The Morgan fingerprint density at radius 3 is 2.68 bits per heavy atom. The van der Waals surface area contributed by atoms with Gasteiger partial charge in [0, 0.05) is 39.0 Å². The van der Waals surface area contributed by atoms with E-state index in [9.17, 15) is 13.2 Å². The van der Waals surface area contributed by atoms with Crippen molar-refractivity contribution >= 4 is 27.3 Å². The minimum absolute atomic E-state index is 0.0259.